The zero-order valence-electron chi connectivity index (χ0n) is 14.8. The molecule has 1 aliphatic rings. The number of carbonyl (C=O) groups is 2. The van der Waals surface area contributed by atoms with Crippen LogP contribution in [0.4, 0.5) is 5.69 Å². The third kappa shape index (κ3) is 4.59. The Balaban J connectivity index is 1.56. The quantitative estimate of drug-likeness (QED) is 0.703. The lowest BCUT2D eigenvalue weighted by Crippen LogP contribution is -2.41. The number of benzene rings is 2. The zero-order valence-corrected chi connectivity index (χ0v) is 15.6. The van der Waals surface area contributed by atoms with Gasteiger partial charge in [-0.15, -0.1) is 0 Å². The number of amides is 2. The van der Waals surface area contributed by atoms with Crippen LogP contribution in [0.1, 0.15) is 28.8 Å². The SMILES string of the molecule is NCc1ccc(C(=O)N2CCC(C(=O)Nc3cc(Cl)ccc3O)CC2)cc1. The fourth-order valence-electron chi connectivity index (χ4n) is 3.15. The number of aromatic hydroxyl groups is 1. The van der Waals surface area contributed by atoms with Gasteiger partial charge in [-0.1, -0.05) is 23.7 Å². The van der Waals surface area contributed by atoms with Crippen molar-refractivity contribution < 1.29 is 14.7 Å². The average Bonchev–Trinajstić information content (AvgIpc) is 2.70. The first-order valence-electron chi connectivity index (χ1n) is 8.85. The van der Waals surface area contributed by atoms with E-state index in [1.54, 1.807) is 23.1 Å². The van der Waals surface area contributed by atoms with Crippen LogP contribution in [0.5, 0.6) is 5.75 Å². The van der Waals surface area contributed by atoms with Gasteiger partial charge in [-0.3, -0.25) is 9.59 Å². The molecule has 0 bridgehead atoms. The highest BCUT2D eigenvalue weighted by Gasteiger charge is 2.28. The number of carbonyl (C=O) groups excluding carboxylic acids is 2. The number of phenols is 1. The molecule has 4 N–H and O–H groups in total. The number of halogens is 1. The van der Waals surface area contributed by atoms with Crippen molar-refractivity contribution in [3.05, 3.63) is 58.6 Å². The molecule has 1 saturated heterocycles. The fourth-order valence-corrected chi connectivity index (χ4v) is 3.33. The number of hydrogen-bond acceptors (Lipinski definition) is 4. The van der Waals surface area contributed by atoms with Gasteiger partial charge >= 0.3 is 0 Å². The Kier molecular flexibility index (Phi) is 5.98. The van der Waals surface area contributed by atoms with Crippen LogP contribution in [0.25, 0.3) is 0 Å². The Bertz CT molecular complexity index is 831. The number of likely N-dealkylation sites (tertiary alicyclic amines) is 1. The molecule has 142 valence electrons. The van der Waals surface area contributed by atoms with Gasteiger partial charge in [0.1, 0.15) is 5.75 Å². The van der Waals surface area contributed by atoms with Gasteiger partial charge < -0.3 is 21.1 Å². The molecule has 7 heteroatoms. The molecule has 2 aromatic rings. The van der Waals surface area contributed by atoms with Crippen molar-refractivity contribution in [3.63, 3.8) is 0 Å². The van der Waals surface area contributed by atoms with E-state index in [2.05, 4.69) is 5.32 Å². The number of hydrogen-bond donors (Lipinski definition) is 3. The van der Waals surface area contributed by atoms with Gasteiger partial charge in [0.2, 0.25) is 5.91 Å². The van der Waals surface area contributed by atoms with Crippen molar-refractivity contribution in [2.24, 2.45) is 11.7 Å². The second kappa shape index (κ2) is 8.41. The Labute approximate surface area is 162 Å². The van der Waals surface area contributed by atoms with E-state index < -0.39 is 0 Å². The third-order valence-electron chi connectivity index (χ3n) is 4.81. The molecule has 0 aliphatic carbocycles. The molecule has 0 saturated carbocycles. The molecule has 0 spiro atoms. The molecule has 1 heterocycles. The van der Waals surface area contributed by atoms with Crippen LogP contribution in [-0.2, 0) is 11.3 Å². The Hall–Kier alpha value is -2.57. The topological polar surface area (TPSA) is 95.7 Å². The Morgan fingerprint density at radius 2 is 1.81 bits per heavy atom. The van der Waals surface area contributed by atoms with Crippen LogP contribution in [-0.4, -0.2) is 34.9 Å². The van der Waals surface area contributed by atoms with Crippen LogP contribution in [0.15, 0.2) is 42.5 Å². The van der Waals surface area contributed by atoms with E-state index in [0.29, 0.717) is 48.7 Å². The number of phenolic OH excluding ortho intramolecular Hbond substituents is 1. The molecule has 2 aromatic carbocycles. The number of nitrogens with zero attached hydrogens (tertiary/aromatic N) is 1. The van der Waals surface area contributed by atoms with E-state index in [9.17, 15) is 14.7 Å². The molecule has 0 radical (unpaired) electrons. The van der Waals surface area contributed by atoms with Crippen LogP contribution >= 0.6 is 11.6 Å². The average molecular weight is 388 g/mol. The maximum Gasteiger partial charge on any atom is 0.253 e. The van der Waals surface area contributed by atoms with Crippen molar-refractivity contribution in [2.45, 2.75) is 19.4 Å². The normalized spacial score (nSPS) is 14.8. The molecular weight excluding hydrogens is 366 g/mol. The summed E-state index contributed by atoms with van der Waals surface area (Å²) in [6, 6.07) is 11.8. The van der Waals surface area contributed by atoms with Crippen molar-refractivity contribution in [3.8, 4) is 5.75 Å². The van der Waals surface area contributed by atoms with Crippen LogP contribution in [0.3, 0.4) is 0 Å². The van der Waals surface area contributed by atoms with Gasteiger partial charge in [-0.2, -0.15) is 0 Å². The number of nitrogens with two attached hydrogens (primary N) is 1. The lowest BCUT2D eigenvalue weighted by Gasteiger charge is -2.31. The highest BCUT2D eigenvalue weighted by Crippen LogP contribution is 2.28. The van der Waals surface area contributed by atoms with Gasteiger partial charge in [0.05, 0.1) is 5.69 Å². The summed E-state index contributed by atoms with van der Waals surface area (Å²) in [5.41, 5.74) is 7.48. The number of piperidine rings is 1. The Morgan fingerprint density at radius 1 is 1.15 bits per heavy atom. The van der Waals surface area contributed by atoms with E-state index in [1.165, 1.54) is 12.1 Å². The second-order valence-corrected chi connectivity index (χ2v) is 7.05. The maximum absolute atomic E-state index is 12.6. The van der Waals surface area contributed by atoms with Gasteiger partial charge in [0.25, 0.3) is 5.91 Å². The largest absolute Gasteiger partial charge is 0.506 e. The number of rotatable bonds is 4. The van der Waals surface area contributed by atoms with Crippen molar-refractivity contribution >= 4 is 29.1 Å². The van der Waals surface area contributed by atoms with E-state index in [4.69, 9.17) is 17.3 Å². The summed E-state index contributed by atoms with van der Waals surface area (Å²) in [4.78, 5) is 26.8. The molecule has 3 rings (SSSR count). The smallest absolute Gasteiger partial charge is 0.253 e. The predicted octanol–water partition coefficient (Wildman–Crippen LogP) is 3.00. The summed E-state index contributed by atoms with van der Waals surface area (Å²) in [6.45, 7) is 1.46. The Morgan fingerprint density at radius 3 is 2.44 bits per heavy atom. The highest BCUT2D eigenvalue weighted by molar-refractivity contribution is 6.31. The predicted molar refractivity (Wildman–Crippen MR) is 105 cm³/mol. The van der Waals surface area contributed by atoms with Crippen molar-refractivity contribution in [2.75, 3.05) is 18.4 Å². The zero-order chi connectivity index (χ0) is 19.4. The summed E-state index contributed by atoms with van der Waals surface area (Å²) in [7, 11) is 0. The van der Waals surface area contributed by atoms with Crippen LogP contribution in [0, 0.1) is 5.92 Å². The lowest BCUT2D eigenvalue weighted by molar-refractivity contribution is -0.121. The summed E-state index contributed by atoms with van der Waals surface area (Å²) in [5, 5.41) is 13.0. The summed E-state index contributed by atoms with van der Waals surface area (Å²) < 4.78 is 0. The molecule has 1 aliphatic heterocycles. The van der Waals surface area contributed by atoms with Gasteiger partial charge in [-0.25, -0.2) is 0 Å². The molecule has 1 fully saturated rings. The van der Waals surface area contributed by atoms with Crippen molar-refractivity contribution in [1.29, 1.82) is 0 Å². The first kappa shape index (κ1) is 19.2. The van der Waals surface area contributed by atoms with E-state index in [1.807, 2.05) is 12.1 Å². The summed E-state index contributed by atoms with van der Waals surface area (Å²) in [6.07, 6.45) is 1.14. The van der Waals surface area contributed by atoms with Crippen LogP contribution < -0.4 is 11.1 Å². The fraction of sp³-hybridized carbons (Fsp3) is 0.300. The minimum absolute atomic E-state index is 0.0266. The first-order chi connectivity index (χ1) is 13.0. The van der Waals surface area contributed by atoms with Crippen molar-refractivity contribution in [1.82, 2.24) is 4.90 Å². The minimum atomic E-state index is -0.216. The summed E-state index contributed by atoms with van der Waals surface area (Å²) >= 11 is 5.90. The standard InChI is InChI=1S/C20H22ClN3O3/c21-16-5-6-18(25)17(11-16)23-19(26)14-7-9-24(10-8-14)20(27)15-3-1-13(12-22)2-4-15/h1-6,11,14,25H,7-10,12,22H2,(H,23,26). The van der Waals surface area contributed by atoms with Crippen LogP contribution in [0.2, 0.25) is 5.02 Å². The van der Waals surface area contributed by atoms with E-state index in [-0.39, 0.29) is 23.5 Å². The molecule has 0 unspecified atom stereocenters. The van der Waals surface area contributed by atoms with Gasteiger partial charge in [-0.05, 0) is 48.7 Å². The highest BCUT2D eigenvalue weighted by atomic mass is 35.5. The number of anilines is 1. The molecular formula is C20H22ClN3O3. The number of nitrogens with one attached hydrogen (secondary N) is 1. The summed E-state index contributed by atoms with van der Waals surface area (Å²) in [5.74, 6) is -0.454. The first-order valence-corrected chi connectivity index (χ1v) is 9.23. The molecule has 6 nitrogen and oxygen atoms in total. The maximum atomic E-state index is 12.6. The molecule has 0 aromatic heterocycles. The van der Waals surface area contributed by atoms with Gasteiger partial charge in [0.15, 0.2) is 0 Å². The van der Waals surface area contributed by atoms with E-state index >= 15 is 0 Å². The molecule has 2 amide bonds. The van der Waals surface area contributed by atoms with Gasteiger partial charge in [0, 0.05) is 36.1 Å². The molecule has 0 atom stereocenters. The van der Waals surface area contributed by atoms with E-state index in [0.717, 1.165) is 5.56 Å². The lowest BCUT2D eigenvalue weighted by atomic mass is 9.95. The molecule has 27 heavy (non-hydrogen) atoms. The second-order valence-electron chi connectivity index (χ2n) is 6.62. The third-order valence-corrected chi connectivity index (χ3v) is 5.04. The monoisotopic (exact) mass is 387 g/mol. The minimum Gasteiger partial charge on any atom is -0.506 e.